The van der Waals surface area contributed by atoms with Gasteiger partial charge in [0.25, 0.3) is 17.9 Å². The Morgan fingerprint density at radius 3 is 2.81 bits per heavy atom. The van der Waals surface area contributed by atoms with E-state index >= 15 is 0 Å². The zero-order chi connectivity index (χ0) is 14.8. The van der Waals surface area contributed by atoms with Crippen LogP contribution in [0.2, 0.25) is 0 Å². The number of rotatable bonds is 2. The Kier molecular flexibility index (Phi) is 3.31. The Labute approximate surface area is 121 Å². The van der Waals surface area contributed by atoms with Crippen molar-refractivity contribution in [2.75, 3.05) is 10.6 Å². The molecule has 0 saturated heterocycles. The van der Waals surface area contributed by atoms with Crippen LogP contribution in [-0.4, -0.2) is 17.9 Å². The van der Waals surface area contributed by atoms with Gasteiger partial charge in [0.15, 0.2) is 0 Å². The average molecular weight is 282 g/mol. The lowest BCUT2D eigenvalue weighted by Crippen LogP contribution is -2.45. The summed E-state index contributed by atoms with van der Waals surface area (Å²) in [6.45, 7) is 1.93. The normalized spacial score (nSPS) is 16.4. The first-order valence-electron chi connectivity index (χ1n) is 6.57. The van der Waals surface area contributed by atoms with Crippen LogP contribution in [-0.2, 0) is 9.59 Å². The summed E-state index contributed by atoms with van der Waals surface area (Å²) in [6.07, 6.45) is -1.19. The first kappa shape index (κ1) is 13.2. The fraction of sp³-hybridized carbons (Fsp3) is 0.125. The molecule has 1 heterocycles. The summed E-state index contributed by atoms with van der Waals surface area (Å²) in [4.78, 5) is 24.2. The van der Waals surface area contributed by atoms with Crippen molar-refractivity contribution in [3.8, 4) is 5.75 Å². The molecule has 1 aliphatic heterocycles. The second kappa shape index (κ2) is 5.28. The van der Waals surface area contributed by atoms with Gasteiger partial charge < -0.3 is 15.4 Å². The van der Waals surface area contributed by atoms with Gasteiger partial charge in [0.2, 0.25) is 0 Å². The number of ether oxygens (including phenoxy) is 1. The van der Waals surface area contributed by atoms with Gasteiger partial charge in [-0.25, -0.2) is 0 Å². The lowest BCUT2D eigenvalue weighted by Gasteiger charge is -2.24. The van der Waals surface area contributed by atoms with Gasteiger partial charge in [-0.1, -0.05) is 24.3 Å². The number of anilines is 2. The molecule has 3 rings (SSSR count). The third kappa shape index (κ3) is 2.72. The molecule has 21 heavy (non-hydrogen) atoms. The van der Waals surface area contributed by atoms with E-state index in [4.69, 9.17) is 4.74 Å². The smallest absolute Gasteiger partial charge is 0.275 e. The molecular weight excluding hydrogens is 268 g/mol. The maximum Gasteiger partial charge on any atom is 0.275 e. The topological polar surface area (TPSA) is 67.4 Å². The van der Waals surface area contributed by atoms with Crippen molar-refractivity contribution in [1.82, 2.24) is 0 Å². The van der Waals surface area contributed by atoms with Crippen molar-refractivity contribution in [3.05, 3.63) is 54.1 Å². The van der Waals surface area contributed by atoms with Gasteiger partial charge in [-0.2, -0.15) is 0 Å². The van der Waals surface area contributed by atoms with Crippen LogP contribution in [0.5, 0.6) is 5.75 Å². The second-order valence-electron chi connectivity index (χ2n) is 4.84. The van der Waals surface area contributed by atoms with E-state index in [1.165, 1.54) is 0 Å². The van der Waals surface area contributed by atoms with Crippen molar-refractivity contribution in [2.45, 2.75) is 13.0 Å². The van der Waals surface area contributed by atoms with Crippen LogP contribution >= 0.6 is 0 Å². The molecule has 2 aromatic rings. The third-order valence-corrected chi connectivity index (χ3v) is 3.15. The van der Waals surface area contributed by atoms with Crippen molar-refractivity contribution >= 4 is 23.2 Å². The standard InChI is InChI=1S/C16H14N2O3/c1-10-5-4-6-11(9-10)17-15(19)14-16(20)18-12-7-2-3-8-13(12)21-14/h2-9,14H,1H3,(H,17,19)(H,18,20)/t14-/m1/s1. The molecule has 0 bridgehead atoms. The molecule has 0 saturated carbocycles. The van der Waals surface area contributed by atoms with Crippen LogP contribution in [0.15, 0.2) is 48.5 Å². The summed E-state index contributed by atoms with van der Waals surface area (Å²) in [7, 11) is 0. The summed E-state index contributed by atoms with van der Waals surface area (Å²) in [5.74, 6) is -0.479. The summed E-state index contributed by atoms with van der Waals surface area (Å²) in [5, 5.41) is 5.35. The number of para-hydroxylation sites is 2. The lowest BCUT2D eigenvalue weighted by atomic mass is 10.2. The highest BCUT2D eigenvalue weighted by Crippen LogP contribution is 2.29. The summed E-state index contributed by atoms with van der Waals surface area (Å²) < 4.78 is 5.48. The van der Waals surface area contributed by atoms with Crippen LogP contribution in [0.25, 0.3) is 0 Å². The molecule has 0 fully saturated rings. The SMILES string of the molecule is Cc1cccc(NC(=O)[C@H]2Oc3ccccc3NC2=O)c1. The lowest BCUT2D eigenvalue weighted by molar-refractivity contribution is -0.133. The van der Waals surface area contributed by atoms with E-state index in [9.17, 15) is 9.59 Å². The fourth-order valence-corrected chi connectivity index (χ4v) is 2.15. The van der Waals surface area contributed by atoms with Crippen molar-refractivity contribution in [2.24, 2.45) is 0 Å². The molecular formula is C16H14N2O3. The van der Waals surface area contributed by atoms with E-state index in [2.05, 4.69) is 10.6 Å². The van der Waals surface area contributed by atoms with Crippen LogP contribution in [0, 0.1) is 6.92 Å². The van der Waals surface area contributed by atoms with Gasteiger partial charge >= 0.3 is 0 Å². The van der Waals surface area contributed by atoms with E-state index < -0.39 is 17.9 Å². The molecule has 2 N–H and O–H groups in total. The summed E-state index contributed by atoms with van der Waals surface area (Å²) in [6, 6.07) is 14.4. The molecule has 106 valence electrons. The van der Waals surface area contributed by atoms with E-state index in [0.717, 1.165) is 5.56 Å². The molecule has 0 aromatic heterocycles. The maximum absolute atomic E-state index is 12.2. The molecule has 5 nitrogen and oxygen atoms in total. The number of carbonyl (C=O) groups excluding carboxylic acids is 2. The van der Waals surface area contributed by atoms with Gasteiger partial charge in [0.1, 0.15) is 5.75 Å². The number of carbonyl (C=O) groups is 2. The van der Waals surface area contributed by atoms with E-state index in [0.29, 0.717) is 17.1 Å². The number of hydrogen-bond acceptors (Lipinski definition) is 3. The first-order chi connectivity index (χ1) is 10.1. The van der Waals surface area contributed by atoms with E-state index in [-0.39, 0.29) is 0 Å². The van der Waals surface area contributed by atoms with Crippen LogP contribution < -0.4 is 15.4 Å². The molecule has 0 aliphatic carbocycles. The zero-order valence-electron chi connectivity index (χ0n) is 11.4. The predicted molar refractivity (Wildman–Crippen MR) is 79.3 cm³/mol. The molecule has 0 unspecified atom stereocenters. The van der Waals surface area contributed by atoms with Gasteiger partial charge in [-0.15, -0.1) is 0 Å². The minimum absolute atomic E-state index is 0.473. The maximum atomic E-state index is 12.2. The minimum Gasteiger partial charge on any atom is -0.468 e. The van der Waals surface area contributed by atoms with Crippen LogP contribution in [0.1, 0.15) is 5.56 Å². The summed E-state index contributed by atoms with van der Waals surface area (Å²) >= 11 is 0. The van der Waals surface area contributed by atoms with E-state index in [1.807, 2.05) is 25.1 Å². The molecule has 1 aliphatic rings. The molecule has 5 heteroatoms. The van der Waals surface area contributed by atoms with E-state index in [1.54, 1.807) is 30.3 Å². The third-order valence-electron chi connectivity index (χ3n) is 3.15. The highest BCUT2D eigenvalue weighted by atomic mass is 16.5. The molecule has 2 amide bonds. The van der Waals surface area contributed by atoms with Crippen molar-refractivity contribution < 1.29 is 14.3 Å². The Morgan fingerprint density at radius 2 is 2.00 bits per heavy atom. The Bertz CT molecular complexity index is 712. The highest BCUT2D eigenvalue weighted by molar-refractivity contribution is 6.15. The Balaban J connectivity index is 1.78. The monoisotopic (exact) mass is 282 g/mol. The second-order valence-corrected chi connectivity index (χ2v) is 4.84. The molecule has 0 spiro atoms. The number of fused-ring (bicyclic) bond motifs is 1. The molecule has 1 atom stereocenters. The van der Waals surface area contributed by atoms with Crippen molar-refractivity contribution in [1.29, 1.82) is 0 Å². The largest absolute Gasteiger partial charge is 0.468 e. The highest BCUT2D eigenvalue weighted by Gasteiger charge is 2.33. The van der Waals surface area contributed by atoms with Gasteiger partial charge in [-0.3, -0.25) is 9.59 Å². The fourth-order valence-electron chi connectivity index (χ4n) is 2.15. The van der Waals surface area contributed by atoms with Gasteiger partial charge in [0.05, 0.1) is 5.69 Å². The van der Waals surface area contributed by atoms with Crippen LogP contribution in [0.3, 0.4) is 0 Å². The predicted octanol–water partition coefficient (Wildman–Crippen LogP) is 2.33. The van der Waals surface area contributed by atoms with Gasteiger partial charge in [-0.05, 0) is 36.8 Å². The zero-order valence-corrected chi connectivity index (χ0v) is 11.4. The number of amides is 2. The summed E-state index contributed by atoms with van der Waals surface area (Å²) in [5.41, 5.74) is 2.23. The number of benzene rings is 2. The van der Waals surface area contributed by atoms with Crippen LogP contribution in [0.4, 0.5) is 11.4 Å². The first-order valence-corrected chi connectivity index (χ1v) is 6.57. The Hall–Kier alpha value is -2.82. The molecule has 2 aromatic carbocycles. The quantitative estimate of drug-likeness (QED) is 0.831. The number of hydrogen-bond donors (Lipinski definition) is 2. The minimum atomic E-state index is -1.19. The average Bonchev–Trinajstić information content (AvgIpc) is 2.46. The van der Waals surface area contributed by atoms with Gasteiger partial charge in [0, 0.05) is 5.69 Å². The molecule has 0 radical (unpaired) electrons. The number of aryl methyl sites for hydroxylation is 1. The van der Waals surface area contributed by atoms with Crippen molar-refractivity contribution in [3.63, 3.8) is 0 Å². The number of nitrogens with one attached hydrogen (secondary N) is 2. The Morgan fingerprint density at radius 1 is 1.19 bits per heavy atom.